The van der Waals surface area contributed by atoms with Crippen LogP contribution in [0.3, 0.4) is 0 Å². The average Bonchev–Trinajstić information content (AvgIpc) is 3.04. The van der Waals surface area contributed by atoms with Crippen molar-refractivity contribution in [2.45, 2.75) is 25.9 Å². The normalized spacial score (nSPS) is 18.3. The fraction of sp³-hybridized carbons (Fsp3) is 0.389. The van der Waals surface area contributed by atoms with Gasteiger partial charge < -0.3 is 10.2 Å². The number of amides is 1. The van der Waals surface area contributed by atoms with Crippen LogP contribution >= 0.6 is 0 Å². The lowest BCUT2D eigenvalue weighted by atomic mass is 10.1. The molecule has 2 aliphatic heterocycles. The van der Waals surface area contributed by atoms with Gasteiger partial charge in [0.15, 0.2) is 0 Å². The maximum Gasteiger partial charge on any atom is 0.255 e. The van der Waals surface area contributed by atoms with E-state index < -0.39 is 6.17 Å². The van der Waals surface area contributed by atoms with Crippen LogP contribution in [-0.4, -0.2) is 52.4 Å². The summed E-state index contributed by atoms with van der Waals surface area (Å²) in [7, 11) is 0. The van der Waals surface area contributed by atoms with Gasteiger partial charge >= 0.3 is 0 Å². The molecule has 0 aromatic carbocycles. The van der Waals surface area contributed by atoms with Crippen LogP contribution in [-0.2, 0) is 0 Å². The Morgan fingerprint density at radius 3 is 2.88 bits per heavy atom. The van der Waals surface area contributed by atoms with E-state index in [9.17, 15) is 9.18 Å². The van der Waals surface area contributed by atoms with Crippen LogP contribution in [0, 0.1) is 6.92 Å². The number of piperidine rings is 1. The number of hydrogen-bond acceptors (Lipinski definition) is 4. The van der Waals surface area contributed by atoms with Crippen LogP contribution in [0.4, 0.5) is 4.39 Å². The molecule has 0 saturated carbocycles. The lowest BCUT2D eigenvalue weighted by molar-refractivity contribution is 0.0666. The smallest absolute Gasteiger partial charge is 0.255 e. The molecule has 0 radical (unpaired) electrons. The number of hydrogen-bond donors (Lipinski definition) is 1. The first-order valence-electron chi connectivity index (χ1n) is 8.51. The molecular formula is C18H20FN5O. The summed E-state index contributed by atoms with van der Waals surface area (Å²) >= 11 is 0. The van der Waals surface area contributed by atoms with E-state index in [0.29, 0.717) is 43.7 Å². The van der Waals surface area contributed by atoms with E-state index in [1.54, 1.807) is 17.3 Å². The molecule has 6 nitrogen and oxygen atoms in total. The number of pyridine rings is 1. The van der Waals surface area contributed by atoms with Gasteiger partial charge in [0, 0.05) is 30.9 Å². The number of carbonyl (C=O) groups excluding carboxylic acids is 1. The highest BCUT2D eigenvalue weighted by molar-refractivity contribution is 5.98. The highest BCUT2D eigenvalue weighted by Crippen LogP contribution is 2.23. The zero-order valence-electron chi connectivity index (χ0n) is 14.1. The first-order chi connectivity index (χ1) is 12.1. The third kappa shape index (κ3) is 2.90. The fourth-order valence-electron chi connectivity index (χ4n) is 3.30. The first kappa shape index (κ1) is 15.8. The van der Waals surface area contributed by atoms with Crippen molar-refractivity contribution in [1.82, 2.24) is 19.8 Å². The molecule has 0 atom stereocenters. The van der Waals surface area contributed by atoms with Crippen LogP contribution < -0.4 is 5.32 Å². The third-order valence-corrected chi connectivity index (χ3v) is 4.73. The molecule has 0 spiro atoms. The first-order valence-corrected chi connectivity index (χ1v) is 8.51. The lowest BCUT2D eigenvalue weighted by Gasteiger charge is -2.29. The van der Waals surface area contributed by atoms with Gasteiger partial charge in [0.1, 0.15) is 17.6 Å². The van der Waals surface area contributed by atoms with E-state index in [4.69, 9.17) is 0 Å². The summed E-state index contributed by atoms with van der Waals surface area (Å²) in [5.41, 5.74) is 2.05. The van der Waals surface area contributed by atoms with Gasteiger partial charge in [-0.15, -0.1) is 0 Å². The molecule has 1 saturated heterocycles. The monoisotopic (exact) mass is 341 g/mol. The van der Waals surface area contributed by atoms with E-state index in [2.05, 4.69) is 15.3 Å². The predicted octanol–water partition coefficient (Wildman–Crippen LogP) is 2.35. The number of nitrogens with one attached hydrogen (secondary N) is 1. The Hall–Kier alpha value is -2.70. The third-order valence-electron chi connectivity index (χ3n) is 4.73. The number of aliphatic imine (C=N–C) groups is 1. The molecule has 0 bridgehead atoms. The van der Waals surface area contributed by atoms with Crippen LogP contribution in [0.2, 0.25) is 0 Å². The molecule has 1 fully saturated rings. The van der Waals surface area contributed by atoms with Crippen LogP contribution in [0.15, 0.2) is 29.5 Å². The van der Waals surface area contributed by atoms with Crippen molar-refractivity contribution in [3.05, 3.63) is 35.8 Å². The molecule has 4 rings (SSSR count). The molecule has 2 aromatic heterocycles. The largest absolute Gasteiger partial charge is 0.365 e. The van der Waals surface area contributed by atoms with Crippen molar-refractivity contribution in [3.8, 4) is 0 Å². The van der Waals surface area contributed by atoms with E-state index in [1.165, 1.54) is 0 Å². The highest BCUT2D eigenvalue weighted by Gasteiger charge is 2.25. The summed E-state index contributed by atoms with van der Waals surface area (Å²) in [6.45, 7) is 3.44. The maximum atomic E-state index is 13.3. The average molecular weight is 341 g/mol. The molecule has 2 aromatic rings. The number of rotatable bonds is 2. The molecular weight excluding hydrogens is 321 g/mol. The Balaban J connectivity index is 1.67. The van der Waals surface area contributed by atoms with Gasteiger partial charge in [0.25, 0.3) is 5.91 Å². The summed E-state index contributed by atoms with van der Waals surface area (Å²) in [6.07, 6.45) is 5.50. The summed E-state index contributed by atoms with van der Waals surface area (Å²) in [5.74, 6) is 0.791. The van der Waals surface area contributed by atoms with Crippen molar-refractivity contribution >= 4 is 29.0 Å². The summed E-state index contributed by atoms with van der Waals surface area (Å²) in [5, 5.41) is 4.15. The second-order valence-electron chi connectivity index (χ2n) is 6.41. The molecule has 1 N–H and O–H groups in total. The number of fused-ring (bicyclic) bond motifs is 1. The second-order valence-corrected chi connectivity index (χ2v) is 6.41. The number of alkyl halides is 1. The molecule has 7 heteroatoms. The lowest BCUT2D eigenvalue weighted by Crippen LogP contribution is -2.39. The quantitative estimate of drug-likeness (QED) is 0.912. The fourth-order valence-corrected chi connectivity index (χ4v) is 3.30. The number of aryl methyl sites for hydroxylation is 1. The van der Waals surface area contributed by atoms with E-state index >= 15 is 0 Å². The van der Waals surface area contributed by atoms with Crippen LogP contribution in [0.1, 0.15) is 28.9 Å². The minimum absolute atomic E-state index is 0.0637. The van der Waals surface area contributed by atoms with E-state index in [0.717, 1.165) is 16.9 Å². The highest BCUT2D eigenvalue weighted by atomic mass is 19.1. The predicted molar refractivity (Wildman–Crippen MR) is 95.3 cm³/mol. The Kier molecular flexibility index (Phi) is 3.99. The van der Waals surface area contributed by atoms with Crippen molar-refractivity contribution in [2.75, 3.05) is 19.6 Å². The Morgan fingerprint density at radius 1 is 1.36 bits per heavy atom. The molecule has 25 heavy (non-hydrogen) atoms. The van der Waals surface area contributed by atoms with Gasteiger partial charge in [0.05, 0.1) is 24.0 Å². The zero-order chi connectivity index (χ0) is 17.4. The summed E-state index contributed by atoms with van der Waals surface area (Å²) in [4.78, 5) is 23.3. The molecule has 1 amide bonds. The second kappa shape index (κ2) is 6.31. The van der Waals surface area contributed by atoms with Gasteiger partial charge in [-0.25, -0.2) is 9.37 Å². The van der Waals surface area contributed by atoms with Crippen LogP contribution in [0.5, 0.6) is 0 Å². The minimum atomic E-state index is -0.793. The molecule has 4 heterocycles. The summed E-state index contributed by atoms with van der Waals surface area (Å²) < 4.78 is 15.2. The molecule has 0 aliphatic carbocycles. The van der Waals surface area contributed by atoms with Gasteiger partial charge in [-0.3, -0.25) is 14.4 Å². The summed E-state index contributed by atoms with van der Waals surface area (Å²) in [6, 6.07) is 3.82. The standard InChI is InChI=1S/C18H20FN5O/c1-12-15(18(25)23-7-3-14(19)4-8-23)10-13-2-9-24(17(13)22-12)16-11-20-5-6-21-16/h2,5,9-11,14,21H,3-4,6-8H2,1H3. The Morgan fingerprint density at radius 2 is 2.16 bits per heavy atom. The topological polar surface area (TPSA) is 62.5 Å². The van der Waals surface area contributed by atoms with E-state index in [1.807, 2.05) is 29.8 Å². The van der Waals surface area contributed by atoms with Gasteiger partial charge in [0.2, 0.25) is 0 Å². The zero-order valence-corrected chi connectivity index (χ0v) is 14.1. The molecule has 0 unspecified atom stereocenters. The number of halogens is 1. The number of carbonyl (C=O) groups is 1. The van der Waals surface area contributed by atoms with Gasteiger partial charge in [-0.05, 0) is 31.9 Å². The molecule has 130 valence electrons. The van der Waals surface area contributed by atoms with Crippen molar-refractivity contribution in [1.29, 1.82) is 0 Å². The van der Waals surface area contributed by atoms with Crippen molar-refractivity contribution in [3.63, 3.8) is 0 Å². The Labute approximate surface area is 145 Å². The number of aromatic nitrogens is 2. The number of likely N-dealkylation sites (tertiary alicyclic amines) is 1. The minimum Gasteiger partial charge on any atom is -0.365 e. The molecule has 2 aliphatic rings. The maximum absolute atomic E-state index is 13.3. The van der Waals surface area contributed by atoms with E-state index in [-0.39, 0.29) is 5.91 Å². The van der Waals surface area contributed by atoms with Gasteiger partial charge in [-0.2, -0.15) is 0 Å². The van der Waals surface area contributed by atoms with Crippen molar-refractivity contribution in [2.24, 2.45) is 4.99 Å². The SMILES string of the molecule is Cc1nc2c(ccn2C2=CN=CCN2)cc1C(=O)N1CCC(F)CC1. The van der Waals surface area contributed by atoms with Gasteiger partial charge in [-0.1, -0.05) is 0 Å². The van der Waals surface area contributed by atoms with Crippen LogP contribution in [0.25, 0.3) is 16.9 Å². The number of nitrogens with zero attached hydrogens (tertiary/aromatic N) is 4. The Bertz CT molecular complexity index is 877. The van der Waals surface area contributed by atoms with Crippen molar-refractivity contribution < 1.29 is 9.18 Å².